The fraction of sp³-hybridized carbons (Fsp3) is 0. The van der Waals surface area contributed by atoms with Crippen LogP contribution in [-0.4, -0.2) is 19.1 Å². The SMILES string of the molecule is O=c1c2c(c3ccccc3c3c2c2ccccc2n3-c2nc(-c3ccccc3)c3ccccc3n2)c2ccccc2n1-c1ccccc1. The second-order valence-electron chi connectivity index (χ2n) is 12.1. The predicted molar refractivity (Wildman–Crippen MR) is 197 cm³/mol. The zero-order chi connectivity index (χ0) is 31.8. The summed E-state index contributed by atoms with van der Waals surface area (Å²) in [5, 5.41) is 7.59. The summed E-state index contributed by atoms with van der Waals surface area (Å²) in [5.74, 6) is 0.562. The Morgan fingerprint density at radius 2 is 0.958 bits per heavy atom. The van der Waals surface area contributed by atoms with E-state index in [0.29, 0.717) is 11.3 Å². The lowest BCUT2D eigenvalue weighted by Crippen LogP contribution is -2.19. The molecule has 10 aromatic rings. The minimum absolute atomic E-state index is 0.0574. The Labute approximate surface area is 274 Å². The van der Waals surface area contributed by atoms with Gasteiger partial charge in [-0.15, -0.1) is 0 Å². The van der Waals surface area contributed by atoms with Crippen molar-refractivity contribution in [3.05, 3.63) is 168 Å². The van der Waals surface area contributed by atoms with Gasteiger partial charge in [-0.3, -0.25) is 13.9 Å². The summed E-state index contributed by atoms with van der Waals surface area (Å²) >= 11 is 0. The quantitative estimate of drug-likeness (QED) is 0.186. The third kappa shape index (κ3) is 3.70. The van der Waals surface area contributed by atoms with Crippen LogP contribution in [-0.2, 0) is 0 Å². The molecule has 0 fully saturated rings. The second-order valence-corrected chi connectivity index (χ2v) is 12.1. The molecule has 0 saturated heterocycles. The summed E-state index contributed by atoms with van der Waals surface area (Å²) < 4.78 is 4.02. The van der Waals surface area contributed by atoms with Gasteiger partial charge in [0.1, 0.15) is 0 Å². The molecule has 0 atom stereocenters. The van der Waals surface area contributed by atoms with E-state index in [4.69, 9.17) is 9.97 Å². The monoisotopic (exact) mass is 614 g/mol. The molecule has 0 aliphatic rings. The van der Waals surface area contributed by atoms with Crippen molar-refractivity contribution < 1.29 is 0 Å². The number of nitrogens with zero attached hydrogens (tertiary/aromatic N) is 4. The molecule has 224 valence electrons. The van der Waals surface area contributed by atoms with Gasteiger partial charge in [0.05, 0.1) is 33.1 Å². The highest BCUT2D eigenvalue weighted by molar-refractivity contribution is 6.35. The van der Waals surface area contributed by atoms with Crippen LogP contribution in [0.4, 0.5) is 0 Å². The van der Waals surface area contributed by atoms with Gasteiger partial charge in [0.2, 0.25) is 5.95 Å². The van der Waals surface area contributed by atoms with Gasteiger partial charge in [0, 0.05) is 43.6 Å². The summed E-state index contributed by atoms with van der Waals surface area (Å²) in [5.41, 5.74) is 6.25. The van der Waals surface area contributed by atoms with Crippen molar-refractivity contribution in [3.8, 4) is 22.9 Å². The topological polar surface area (TPSA) is 52.7 Å². The third-order valence-electron chi connectivity index (χ3n) is 9.51. The maximum absolute atomic E-state index is 15.1. The van der Waals surface area contributed by atoms with Gasteiger partial charge in [0.25, 0.3) is 5.56 Å². The van der Waals surface area contributed by atoms with Crippen LogP contribution in [0.3, 0.4) is 0 Å². The van der Waals surface area contributed by atoms with E-state index in [-0.39, 0.29) is 5.56 Å². The molecule has 0 N–H and O–H groups in total. The average molecular weight is 615 g/mol. The van der Waals surface area contributed by atoms with Gasteiger partial charge in [-0.2, -0.15) is 0 Å². The lowest BCUT2D eigenvalue weighted by atomic mass is 9.94. The van der Waals surface area contributed by atoms with E-state index in [1.807, 2.05) is 95.6 Å². The molecule has 7 aromatic carbocycles. The molecule has 3 aromatic heterocycles. The minimum Gasteiger partial charge on any atom is -0.277 e. The third-order valence-corrected chi connectivity index (χ3v) is 9.51. The average Bonchev–Trinajstić information content (AvgIpc) is 3.50. The fourth-order valence-corrected chi connectivity index (χ4v) is 7.53. The molecule has 0 amide bonds. The van der Waals surface area contributed by atoms with E-state index in [1.54, 1.807) is 0 Å². The van der Waals surface area contributed by atoms with Crippen molar-refractivity contribution in [2.45, 2.75) is 0 Å². The molecule has 0 saturated carbocycles. The maximum Gasteiger partial charge on any atom is 0.264 e. The second kappa shape index (κ2) is 10.2. The molecule has 0 spiro atoms. The summed E-state index contributed by atoms with van der Waals surface area (Å²) in [6.45, 7) is 0. The van der Waals surface area contributed by atoms with E-state index in [2.05, 4.69) is 71.3 Å². The molecule has 3 heterocycles. The van der Waals surface area contributed by atoms with Crippen LogP contribution >= 0.6 is 0 Å². The summed E-state index contributed by atoms with van der Waals surface area (Å²) in [4.78, 5) is 25.6. The number of para-hydroxylation sites is 4. The lowest BCUT2D eigenvalue weighted by Gasteiger charge is -2.17. The van der Waals surface area contributed by atoms with Gasteiger partial charge in [-0.25, -0.2) is 9.97 Å². The van der Waals surface area contributed by atoms with E-state index < -0.39 is 0 Å². The Bertz CT molecular complexity index is 2960. The van der Waals surface area contributed by atoms with Crippen molar-refractivity contribution in [2.75, 3.05) is 0 Å². The summed E-state index contributed by atoms with van der Waals surface area (Å²) in [6.07, 6.45) is 0. The maximum atomic E-state index is 15.1. The van der Waals surface area contributed by atoms with Crippen molar-refractivity contribution in [3.63, 3.8) is 0 Å². The summed E-state index contributed by atoms with van der Waals surface area (Å²) in [7, 11) is 0. The first-order valence-corrected chi connectivity index (χ1v) is 16.1. The highest BCUT2D eigenvalue weighted by Crippen LogP contribution is 2.43. The number of hydrogen-bond donors (Lipinski definition) is 0. The first kappa shape index (κ1) is 26.6. The van der Waals surface area contributed by atoms with Crippen molar-refractivity contribution in [1.82, 2.24) is 19.1 Å². The Hall–Kier alpha value is -6.59. The number of fused-ring (bicyclic) bond motifs is 11. The highest BCUT2D eigenvalue weighted by Gasteiger charge is 2.25. The van der Waals surface area contributed by atoms with Crippen LogP contribution in [0.15, 0.2) is 163 Å². The van der Waals surface area contributed by atoms with Crippen LogP contribution in [0.25, 0.3) is 88.0 Å². The Morgan fingerprint density at radius 3 is 1.69 bits per heavy atom. The zero-order valence-corrected chi connectivity index (χ0v) is 25.7. The first-order chi connectivity index (χ1) is 23.8. The number of aromatic nitrogens is 4. The molecule has 48 heavy (non-hydrogen) atoms. The van der Waals surface area contributed by atoms with Gasteiger partial charge >= 0.3 is 0 Å². The first-order valence-electron chi connectivity index (χ1n) is 16.1. The molecule has 0 bridgehead atoms. The van der Waals surface area contributed by atoms with E-state index >= 15 is 4.79 Å². The molecule has 0 aliphatic heterocycles. The van der Waals surface area contributed by atoms with Crippen LogP contribution < -0.4 is 5.56 Å². The van der Waals surface area contributed by atoms with Gasteiger partial charge in [-0.1, -0.05) is 127 Å². The largest absolute Gasteiger partial charge is 0.277 e. The molecule has 5 nitrogen and oxygen atoms in total. The lowest BCUT2D eigenvalue weighted by molar-refractivity contribution is 1.02. The van der Waals surface area contributed by atoms with Gasteiger partial charge in [0.15, 0.2) is 0 Å². The molecule has 0 radical (unpaired) electrons. The smallest absolute Gasteiger partial charge is 0.264 e. The zero-order valence-electron chi connectivity index (χ0n) is 25.7. The Morgan fingerprint density at radius 1 is 0.417 bits per heavy atom. The molecule has 10 rings (SSSR count). The number of pyridine rings is 1. The Kier molecular flexibility index (Phi) is 5.66. The predicted octanol–water partition coefficient (Wildman–Crippen LogP) is 10.0. The number of benzene rings is 7. The normalized spacial score (nSPS) is 11.8. The molecule has 0 aliphatic carbocycles. The van der Waals surface area contributed by atoms with Crippen molar-refractivity contribution in [2.24, 2.45) is 0 Å². The van der Waals surface area contributed by atoms with Crippen LogP contribution in [0, 0.1) is 0 Å². The molecule has 5 heteroatoms. The molecule has 0 unspecified atom stereocenters. The molecular formula is C43H26N4O. The van der Waals surface area contributed by atoms with Gasteiger partial charge in [-0.05, 0) is 35.7 Å². The van der Waals surface area contributed by atoms with E-state index in [0.717, 1.165) is 76.7 Å². The highest BCUT2D eigenvalue weighted by atomic mass is 16.1. The number of rotatable bonds is 3. The van der Waals surface area contributed by atoms with E-state index in [1.165, 1.54) is 0 Å². The molecular weight excluding hydrogens is 589 g/mol. The summed E-state index contributed by atoms with van der Waals surface area (Å²) in [6, 6.07) is 53.3. The van der Waals surface area contributed by atoms with Crippen LogP contribution in [0.2, 0.25) is 0 Å². The Balaban J connectivity index is 1.47. The fourth-order valence-electron chi connectivity index (χ4n) is 7.53. The van der Waals surface area contributed by atoms with Gasteiger partial charge < -0.3 is 0 Å². The van der Waals surface area contributed by atoms with E-state index in [9.17, 15) is 0 Å². The number of hydrogen-bond acceptors (Lipinski definition) is 3. The standard InChI is InChI=1S/C43H26N4O/c48-42-39-37(32-22-10-13-25-35(32)46(42)28-17-5-2-6-18-28)29-19-7-8-20-30(29)41-38(39)33-23-11-14-26-36(33)47(41)43-44-34-24-12-9-21-31(34)40(45-43)27-15-3-1-4-16-27/h1-26H. The minimum atomic E-state index is -0.0574. The van der Waals surface area contributed by atoms with Crippen molar-refractivity contribution >= 4 is 65.2 Å². The van der Waals surface area contributed by atoms with Crippen LogP contribution in [0.1, 0.15) is 0 Å². The van der Waals surface area contributed by atoms with Crippen LogP contribution in [0.5, 0.6) is 0 Å². The van der Waals surface area contributed by atoms with Crippen molar-refractivity contribution in [1.29, 1.82) is 0 Å².